The van der Waals surface area contributed by atoms with Crippen LogP contribution in [0.25, 0.3) is 0 Å². The highest BCUT2D eigenvalue weighted by atomic mass is 16.2. The van der Waals surface area contributed by atoms with Crippen LogP contribution in [0.4, 0.5) is 5.82 Å². The van der Waals surface area contributed by atoms with Gasteiger partial charge in [-0.25, -0.2) is 4.68 Å². The smallest absolute Gasteiger partial charge is 0.230 e. The second-order valence-electron chi connectivity index (χ2n) is 8.41. The normalized spacial score (nSPS) is 19.3. The van der Waals surface area contributed by atoms with Gasteiger partial charge in [-0.2, -0.15) is 5.10 Å². The lowest BCUT2D eigenvalue weighted by molar-refractivity contribution is -0.127. The van der Waals surface area contributed by atoms with E-state index in [4.69, 9.17) is 0 Å². The molecule has 2 amide bonds. The van der Waals surface area contributed by atoms with Crippen LogP contribution < -0.4 is 5.32 Å². The Hall–Kier alpha value is -1.85. The van der Waals surface area contributed by atoms with Crippen molar-refractivity contribution in [1.82, 2.24) is 14.7 Å². The van der Waals surface area contributed by atoms with Gasteiger partial charge in [-0.3, -0.25) is 9.59 Å². The van der Waals surface area contributed by atoms with Gasteiger partial charge in [-0.1, -0.05) is 20.8 Å². The third kappa shape index (κ3) is 3.74. The number of anilines is 1. The Morgan fingerprint density at radius 3 is 2.30 bits per heavy atom. The molecule has 6 nitrogen and oxygen atoms in total. The summed E-state index contributed by atoms with van der Waals surface area (Å²) < 4.78 is 1.85. The Morgan fingerprint density at radius 2 is 1.87 bits per heavy atom. The highest BCUT2D eigenvalue weighted by Crippen LogP contribution is 2.29. The molecular weight excluding hydrogens is 292 g/mol. The van der Waals surface area contributed by atoms with E-state index < -0.39 is 0 Å². The van der Waals surface area contributed by atoms with Crippen LogP contribution in [0.1, 0.15) is 53.7 Å². The molecule has 1 fully saturated rings. The topological polar surface area (TPSA) is 67.2 Å². The van der Waals surface area contributed by atoms with Gasteiger partial charge >= 0.3 is 0 Å². The molecule has 2 rings (SSSR count). The molecule has 128 valence electrons. The number of nitrogens with zero attached hydrogens (tertiary/aromatic N) is 3. The Bertz CT molecular complexity index is 620. The largest absolute Gasteiger partial charge is 0.345 e. The lowest BCUT2D eigenvalue weighted by atomic mass is 9.92. The molecule has 6 heteroatoms. The number of aromatic nitrogens is 2. The Morgan fingerprint density at radius 1 is 1.26 bits per heavy atom. The molecule has 1 N–H and O–H groups in total. The van der Waals surface area contributed by atoms with Gasteiger partial charge in [0.05, 0.1) is 17.2 Å². The zero-order chi connectivity index (χ0) is 17.6. The van der Waals surface area contributed by atoms with Crippen molar-refractivity contribution in [3.63, 3.8) is 0 Å². The second kappa shape index (κ2) is 5.65. The third-order valence-corrected chi connectivity index (χ3v) is 4.08. The summed E-state index contributed by atoms with van der Waals surface area (Å²) in [5.41, 5.74) is 0.593. The molecule has 1 aliphatic heterocycles. The average Bonchev–Trinajstić information content (AvgIpc) is 2.93. The Kier molecular flexibility index (Phi) is 4.30. The van der Waals surface area contributed by atoms with Gasteiger partial charge in [0.1, 0.15) is 5.82 Å². The van der Waals surface area contributed by atoms with Gasteiger partial charge < -0.3 is 10.2 Å². The second-order valence-corrected chi connectivity index (χ2v) is 8.41. The van der Waals surface area contributed by atoms with Gasteiger partial charge in [0.25, 0.3) is 0 Å². The van der Waals surface area contributed by atoms with Crippen molar-refractivity contribution in [2.24, 2.45) is 5.92 Å². The summed E-state index contributed by atoms with van der Waals surface area (Å²) in [4.78, 5) is 25.7. The molecule has 1 aliphatic rings. The number of nitrogens with one attached hydrogen (secondary N) is 1. The molecule has 0 aliphatic carbocycles. The van der Waals surface area contributed by atoms with E-state index >= 15 is 0 Å². The van der Waals surface area contributed by atoms with E-state index in [0.717, 1.165) is 5.69 Å². The maximum absolute atomic E-state index is 12.5. The molecule has 1 saturated heterocycles. The molecule has 0 aromatic carbocycles. The number of carbonyl (C=O) groups excluding carboxylic acids is 2. The van der Waals surface area contributed by atoms with Crippen molar-refractivity contribution in [1.29, 1.82) is 0 Å². The molecule has 0 radical (unpaired) electrons. The van der Waals surface area contributed by atoms with Crippen LogP contribution in [0.15, 0.2) is 6.07 Å². The van der Waals surface area contributed by atoms with Gasteiger partial charge in [-0.05, 0) is 20.8 Å². The summed E-state index contributed by atoms with van der Waals surface area (Å²) >= 11 is 0. The summed E-state index contributed by atoms with van der Waals surface area (Å²) in [5, 5.41) is 7.66. The summed E-state index contributed by atoms with van der Waals surface area (Å²) in [6.07, 6.45) is 0.276. The predicted molar refractivity (Wildman–Crippen MR) is 90.3 cm³/mol. The van der Waals surface area contributed by atoms with Crippen molar-refractivity contribution < 1.29 is 9.59 Å². The maximum Gasteiger partial charge on any atom is 0.230 e. The lowest BCUT2D eigenvalue weighted by Crippen LogP contribution is -2.30. The number of hydrogen-bond acceptors (Lipinski definition) is 3. The van der Waals surface area contributed by atoms with Crippen LogP contribution >= 0.6 is 0 Å². The maximum atomic E-state index is 12.5. The van der Waals surface area contributed by atoms with Crippen molar-refractivity contribution in [2.75, 3.05) is 18.9 Å². The fourth-order valence-corrected chi connectivity index (χ4v) is 2.62. The molecule has 1 aromatic rings. The third-order valence-electron chi connectivity index (χ3n) is 4.08. The first kappa shape index (κ1) is 17.5. The first-order valence-corrected chi connectivity index (χ1v) is 8.05. The minimum absolute atomic E-state index is 0.0184. The van der Waals surface area contributed by atoms with Gasteiger partial charge in [0.2, 0.25) is 11.8 Å². The fourth-order valence-electron chi connectivity index (χ4n) is 2.62. The molecule has 0 saturated carbocycles. The average molecular weight is 320 g/mol. The van der Waals surface area contributed by atoms with Crippen molar-refractivity contribution in [3.8, 4) is 0 Å². The van der Waals surface area contributed by atoms with E-state index in [-0.39, 0.29) is 35.1 Å². The lowest BCUT2D eigenvalue weighted by Gasteiger charge is -2.23. The first-order chi connectivity index (χ1) is 10.4. The molecule has 0 spiro atoms. The van der Waals surface area contributed by atoms with E-state index in [2.05, 4.69) is 52.0 Å². The SMILES string of the molecule is CN1CC(C(=O)Nc2cc(C(C)(C)C)nn2C(C)(C)C)CC1=O. The Labute approximate surface area is 138 Å². The zero-order valence-electron chi connectivity index (χ0n) is 15.2. The van der Waals surface area contributed by atoms with Crippen LogP contribution in [0.2, 0.25) is 0 Å². The number of amides is 2. The minimum atomic E-state index is -0.297. The molecule has 23 heavy (non-hydrogen) atoms. The summed E-state index contributed by atoms with van der Waals surface area (Å²) in [5.74, 6) is 0.293. The zero-order valence-corrected chi connectivity index (χ0v) is 15.2. The summed E-state index contributed by atoms with van der Waals surface area (Å²) in [6, 6.07) is 1.93. The molecule has 1 aromatic heterocycles. The minimum Gasteiger partial charge on any atom is -0.345 e. The van der Waals surface area contributed by atoms with Crippen LogP contribution in [0.5, 0.6) is 0 Å². The molecule has 0 bridgehead atoms. The number of rotatable bonds is 2. The standard InChI is InChI=1S/C17H28N4O2/c1-16(2,3)12-9-13(21(19-12)17(4,5)6)18-15(23)11-8-14(22)20(7)10-11/h9,11H,8,10H2,1-7H3,(H,18,23). The van der Waals surface area contributed by atoms with Crippen LogP contribution in [0, 0.1) is 5.92 Å². The molecular formula is C17H28N4O2. The summed E-state index contributed by atoms with van der Waals surface area (Å²) in [6.45, 7) is 12.9. The molecule has 2 heterocycles. The number of hydrogen-bond donors (Lipinski definition) is 1. The molecule has 1 unspecified atom stereocenters. The van der Waals surface area contributed by atoms with Crippen LogP contribution in [-0.2, 0) is 20.5 Å². The van der Waals surface area contributed by atoms with E-state index in [0.29, 0.717) is 12.4 Å². The van der Waals surface area contributed by atoms with E-state index in [9.17, 15) is 9.59 Å². The number of likely N-dealkylation sites (tertiary alicyclic amines) is 1. The highest BCUT2D eigenvalue weighted by molar-refractivity contribution is 5.96. The van der Waals surface area contributed by atoms with Crippen molar-refractivity contribution >= 4 is 17.6 Å². The van der Waals surface area contributed by atoms with Gasteiger partial charge in [0.15, 0.2) is 0 Å². The quantitative estimate of drug-likeness (QED) is 0.909. The Balaban J connectivity index is 2.27. The monoisotopic (exact) mass is 320 g/mol. The van der Waals surface area contributed by atoms with Gasteiger partial charge in [0, 0.05) is 31.5 Å². The predicted octanol–water partition coefficient (Wildman–Crippen LogP) is 2.35. The van der Waals surface area contributed by atoms with Crippen molar-refractivity contribution in [3.05, 3.63) is 11.8 Å². The first-order valence-electron chi connectivity index (χ1n) is 8.05. The summed E-state index contributed by atoms with van der Waals surface area (Å²) in [7, 11) is 1.73. The van der Waals surface area contributed by atoms with Gasteiger partial charge in [-0.15, -0.1) is 0 Å². The van der Waals surface area contributed by atoms with E-state index in [1.54, 1.807) is 11.9 Å². The molecule has 1 atom stereocenters. The highest BCUT2D eigenvalue weighted by Gasteiger charge is 2.33. The van der Waals surface area contributed by atoms with E-state index in [1.807, 2.05) is 10.7 Å². The number of carbonyl (C=O) groups is 2. The fraction of sp³-hybridized carbons (Fsp3) is 0.706. The van der Waals surface area contributed by atoms with Crippen molar-refractivity contribution in [2.45, 2.75) is 58.9 Å². The van der Waals surface area contributed by atoms with Crippen LogP contribution in [-0.4, -0.2) is 40.1 Å². The van der Waals surface area contributed by atoms with E-state index in [1.165, 1.54) is 0 Å². The van der Waals surface area contributed by atoms with Crippen LogP contribution in [0.3, 0.4) is 0 Å².